The second kappa shape index (κ2) is 6.80. The Morgan fingerprint density at radius 1 is 1.40 bits per heavy atom. The van der Waals surface area contributed by atoms with E-state index in [4.69, 9.17) is 19.5 Å². The van der Waals surface area contributed by atoms with Crippen LogP contribution in [0.3, 0.4) is 0 Å². The van der Waals surface area contributed by atoms with Crippen molar-refractivity contribution in [3.63, 3.8) is 0 Å². The van der Waals surface area contributed by atoms with E-state index in [1.54, 1.807) is 18.2 Å². The molecule has 1 fully saturated rings. The van der Waals surface area contributed by atoms with Crippen LogP contribution in [-0.2, 0) is 20.8 Å². The predicted molar refractivity (Wildman–Crippen MR) is 70.1 cm³/mol. The van der Waals surface area contributed by atoms with Crippen LogP contribution in [0.4, 0.5) is 4.39 Å². The number of halogens is 1. The predicted octanol–water partition coefficient (Wildman–Crippen LogP) is 2.78. The topological polar surface area (TPSA) is 51.5 Å². The average molecular weight is 279 g/mol. The normalized spacial score (nSPS) is 26.1. The summed E-state index contributed by atoms with van der Waals surface area (Å²) in [5, 5.41) is 8.51. The Bertz CT molecular complexity index is 478. The number of hydrogen-bond acceptors (Lipinski definition) is 4. The van der Waals surface area contributed by atoms with Gasteiger partial charge in [0.1, 0.15) is 11.4 Å². The molecule has 5 heteroatoms. The number of rotatable bonds is 5. The highest BCUT2D eigenvalue weighted by molar-refractivity contribution is 5.16. The van der Waals surface area contributed by atoms with E-state index < -0.39 is 5.60 Å². The minimum absolute atomic E-state index is 0.179. The first-order valence-electron chi connectivity index (χ1n) is 6.60. The van der Waals surface area contributed by atoms with Gasteiger partial charge in [0.05, 0.1) is 25.9 Å². The van der Waals surface area contributed by atoms with Crippen LogP contribution in [0, 0.1) is 17.1 Å². The molecule has 0 N–H and O–H groups in total. The van der Waals surface area contributed by atoms with Gasteiger partial charge in [-0.1, -0.05) is 18.2 Å². The first kappa shape index (κ1) is 14.9. The van der Waals surface area contributed by atoms with Gasteiger partial charge in [0.2, 0.25) is 0 Å². The van der Waals surface area contributed by atoms with Gasteiger partial charge in [0.25, 0.3) is 0 Å². The first-order valence-corrected chi connectivity index (χ1v) is 6.60. The van der Waals surface area contributed by atoms with Crippen molar-refractivity contribution in [2.75, 3.05) is 13.2 Å². The van der Waals surface area contributed by atoms with Crippen LogP contribution in [-0.4, -0.2) is 25.1 Å². The van der Waals surface area contributed by atoms with E-state index in [2.05, 4.69) is 6.07 Å². The van der Waals surface area contributed by atoms with Crippen LogP contribution in [0.1, 0.15) is 25.3 Å². The van der Waals surface area contributed by atoms with Crippen LogP contribution in [0.2, 0.25) is 0 Å². The van der Waals surface area contributed by atoms with E-state index in [0.29, 0.717) is 31.6 Å². The molecule has 0 atom stereocenters. The van der Waals surface area contributed by atoms with Gasteiger partial charge in [-0.05, 0) is 13.0 Å². The summed E-state index contributed by atoms with van der Waals surface area (Å²) in [4.78, 5) is 0. The highest BCUT2D eigenvalue weighted by atomic mass is 19.1. The lowest BCUT2D eigenvalue weighted by atomic mass is 10.1. The fourth-order valence-corrected chi connectivity index (χ4v) is 1.93. The molecule has 0 saturated carbocycles. The molecule has 1 aliphatic heterocycles. The standard InChI is InChI=1S/C15H18FNO3/c1-15(10-18-14(19-11-15)7-4-8-17)20-9-12-5-2-3-6-13(12)16/h2-3,5-6,14H,4,7,9-11H2,1H3/t14-,15-. The van der Waals surface area contributed by atoms with Crippen molar-refractivity contribution in [2.24, 2.45) is 0 Å². The molecule has 0 unspecified atom stereocenters. The number of ether oxygens (including phenoxy) is 3. The Morgan fingerprint density at radius 3 is 2.75 bits per heavy atom. The van der Waals surface area contributed by atoms with Gasteiger partial charge in [-0.3, -0.25) is 0 Å². The third kappa shape index (κ3) is 4.01. The SMILES string of the molecule is C[C@]1(OCc2ccccc2F)CO[C@H](CCC#N)OC1. The minimum Gasteiger partial charge on any atom is -0.366 e. The number of hydrogen-bond donors (Lipinski definition) is 0. The van der Waals surface area contributed by atoms with Crippen molar-refractivity contribution in [1.82, 2.24) is 0 Å². The number of benzene rings is 1. The third-order valence-corrected chi connectivity index (χ3v) is 3.17. The van der Waals surface area contributed by atoms with Gasteiger partial charge < -0.3 is 14.2 Å². The van der Waals surface area contributed by atoms with Crippen molar-refractivity contribution in [3.8, 4) is 6.07 Å². The van der Waals surface area contributed by atoms with Crippen molar-refractivity contribution < 1.29 is 18.6 Å². The molecule has 1 saturated heterocycles. The van der Waals surface area contributed by atoms with Crippen molar-refractivity contribution in [3.05, 3.63) is 35.6 Å². The molecule has 108 valence electrons. The lowest BCUT2D eigenvalue weighted by Crippen LogP contribution is -2.47. The van der Waals surface area contributed by atoms with Crippen LogP contribution < -0.4 is 0 Å². The molecule has 20 heavy (non-hydrogen) atoms. The second-order valence-corrected chi connectivity index (χ2v) is 5.08. The van der Waals surface area contributed by atoms with Gasteiger partial charge in [-0.2, -0.15) is 5.26 Å². The highest BCUT2D eigenvalue weighted by Gasteiger charge is 2.33. The van der Waals surface area contributed by atoms with Gasteiger partial charge in [-0.15, -0.1) is 0 Å². The van der Waals surface area contributed by atoms with Crippen molar-refractivity contribution >= 4 is 0 Å². The lowest BCUT2D eigenvalue weighted by Gasteiger charge is -2.37. The molecule has 0 aromatic heterocycles. The molecular formula is C15H18FNO3. The second-order valence-electron chi connectivity index (χ2n) is 5.08. The highest BCUT2D eigenvalue weighted by Crippen LogP contribution is 2.23. The Labute approximate surface area is 118 Å². The molecule has 0 amide bonds. The van der Waals surface area contributed by atoms with Crippen LogP contribution in [0.25, 0.3) is 0 Å². The Kier molecular flexibility index (Phi) is 5.07. The minimum atomic E-state index is -0.592. The molecule has 2 rings (SSSR count). The van der Waals surface area contributed by atoms with Crippen molar-refractivity contribution in [2.45, 2.75) is 38.3 Å². The Morgan fingerprint density at radius 2 is 2.10 bits per heavy atom. The van der Waals surface area contributed by atoms with Crippen LogP contribution in [0.5, 0.6) is 0 Å². The van der Waals surface area contributed by atoms with Gasteiger partial charge in [0, 0.05) is 18.4 Å². The monoisotopic (exact) mass is 279 g/mol. The van der Waals surface area contributed by atoms with Crippen LogP contribution >= 0.6 is 0 Å². The summed E-state index contributed by atoms with van der Waals surface area (Å²) < 4.78 is 30.3. The molecule has 1 aromatic carbocycles. The zero-order valence-corrected chi connectivity index (χ0v) is 11.5. The molecule has 4 nitrogen and oxygen atoms in total. The van der Waals surface area contributed by atoms with E-state index in [1.807, 2.05) is 6.92 Å². The molecule has 0 aliphatic carbocycles. The van der Waals surface area contributed by atoms with Crippen LogP contribution in [0.15, 0.2) is 24.3 Å². The fraction of sp³-hybridized carbons (Fsp3) is 0.533. The van der Waals surface area contributed by atoms with Crippen molar-refractivity contribution in [1.29, 1.82) is 5.26 Å². The zero-order valence-electron chi connectivity index (χ0n) is 11.5. The van der Waals surface area contributed by atoms with E-state index in [0.717, 1.165) is 0 Å². The number of nitriles is 1. The largest absolute Gasteiger partial charge is 0.366 e. The summed E-state index contributed by atoms with van der Waals surface area (Å²) in [6, 6.07) is 8.58. The maximum atomic E-state index is 13.5. The summed E-state index contributed by atoms with van der Waals surface area (Å²) in [6.45, 7) is 2.79. The summed E-state index contributed by atoms with van der Waals surface area (Å²) in [5.41, 5.74) is -0.0776. The summed E-state index contributed by atoms with van der Waals surface area (Å²) in [6.07, 6.45) is 0.608. The first-order chi connectivity index (χ1) is 9.63. The maximum absolute atomic E-state index is 13.5. The average Bonchev–Trinajstić information content (AvgIpc) is 2.46. The summed E-state index contributed by atoms with van der Waals surface area (Å²) in [5.74, 6) is -0.277. The molecule has 0 bridgehead atoms. The Balaban J connectivity index is 1.82. The van der Waals surface area contributed by atoms with E-state index >= 15 is 0 Å². The molecule has 1 aromatic rings. The van der Waals surface area contributed by atoms with Gasteiger partial charge >= 0.3 is 0 Å². The summed E-state index contributed by atoms with van der Waals surface area (Å²) in [7, 11) is 0. The molecule has 1 heterocycles. The van der Waals surface area contributed by atoms with Gasteiger partial charge in [-0.25, -0.2) is 4.39 Å². The molecule has 0 radical (unpaired) electrons. The zero-order chi connectivity index (χ0) is 14.4. The maximum Gasteiger partial charge on any atom is 0.158 e. The fourth-order valence-electron chi connectivity index (χ4n) is 1.93. The number of nitrogens with zero attached hydrogens (tertiary/aromatic N) is 1. The van der Waals surface area contributed by atoms with E-state index in [9.17, 15) is 4.39 Å². The van der Waals surface area contributed by atoms with E-state index in [1.165, 1.54) is 6.07 Å². The quantitative estimate of drug-likeness (QED) is 0.831. The molecule has 0 spiro atoms. The van der Waals surface area contributed by atoms with E-state index in [-0.39, 0.29) is 18.7 Å². The summed E-state index contributed by atoms with van der Waals surface area (Å²) >= 11 is 0. The smallest absolute Gasteiger partial charge is 0.158 e. The Hall–Kier alpha value is -1.48. The molecule has 1 aliphatic rings. The van der Waals surface area contributed by atoms with Gasteiger partial charge in [0.15, 0.2) is 6.29 Å². The lowest BCUT2D eigenvalue weighted by molar-refractivity contribution is -0.264. The molecular weight excluding hydrogens is 261 g/mol. The third-order valence-electron chi connectivity index (χ3n) is 3.17.